The summed E-state index contributed by atoms with van der Waals surface area (Å²) in [6, 6.07) is 14.3. The maximum atomic E-state index is 12.9. The van der Waals surface area contributed by atoms with Gasteiger partial charge in [-0.1, -0.05) is 35.9 Å². The summed E-state index contributed by atoms with van der Waals surface area (Å²) in [6.45, 7) is 0.377. The molecule has 0 radical (unpaired) electrons. The zero-order valence-electron chi connectivity index (χ0n) is 15.1. The van der Waals surface area contributed by atoms with Crippen LogP contribution in [0.1, 0.15) is 26.4 Å². The Kier molecular flexibility index (Phi) is 6.06. The minimum absolute atomic E-state index is 0.177. The van der Waals surface area contributed by atoms with E-state index in [-0.39, 0.29) is 17.4 Å². The molecule has 28 heavy (non-hydrogen) atoms. The van der Waals surface area contributed by atoms with Gasteiger partial charge in [0, 0.05) is 19.7 Å². The number of carbonyl (C=O) groups is 2. The van der Waals surface area contributed by atoms with E-state index in [0.29, 0.717) is 29.4 Å². The van der Waals surface area contributed by atoms with Crippen LogP contribution < -0.4 is 10.6 Å². The van der Waals surface area contributed by atoms with Crippen LogP contribution in [0.3, 0.4) is 0 Å². The quantitative estimate of drug-likeness (QED) is 0.665. The lowest BCUT2D eigenvalue weighted by Crippen LogP contribution is -2.26. The zero-order chi connectivity index (χ0) is 20.1. The predicted molar refractivity (Wildman–Crippen MR) is 105 cm³/mol. The molecule has 3 aromatic rings. The second-order valence-corrected chi connectivity index (χ2v) is 6.51. The van der Waals surface area contributed by atoms with Crippen molar-refractivity contribution in [3.63, 3.8) is 0 Å². The topological polar surface area (TPSA) is 76.0 Å². The molecule has 6 nitrogen and oxygen atoms in total. The number of amides is 2. The fourth-order valence-corrected chi connectivity index (χ4v) is 2.81. The lowest BCUT2D eigenvalue weighted by Gasteiger charge is -2.06. The van der Waals surface area contributed by atoms with Crippen molar-refractivity contribution in [2.24, 2.45) is 7.05 Å². The summed E-state index contributed by atoms with van der Waals surface area (Å²) in [7, 11) is 1.62. The Morgan fingerprint density at radius 1 is 1.11 bits per heavy atom. The molecule has 8 heteroatoms. The molecule has 0 atom stereocenters. The summed E-state index contributed by atoms with van der Waals surface area (Å²) in [5, 5.41) is 9.90. The highest BCUT2D eigenvalue weighted by atomic mass is 35.5. The van der Waals surface area contributed by atoms with Gasteiger partial charge in [0.25, 0.3) is 11.8 Å². The number of benzene rings is 2. The molecule has 1 aromatic heterocycles. The van der Waals surface area contributed by atoms with Crippen molar-refractivity contribution < 1.29 is 14.0 Å². The molecule has 0 aliphatic rings. The van der Waals surface area contributed by atoms with E-state index in [1.165, 1.54) is 22.9 Å². The van der Waals surface area contributed by atoms with Gasteiger partial charge < -0.3 is 10.6 Å². The number of aryl methyl sites for hydroxylation is 1. The fraction of sp³-hybridized carbons (Fsp3) is 0.150. The molecule has 0 unspecified atom stereocenters. The summed E-state index contributed by atoms with van der Waals surface area (Å²) in [6.07, 6.45) is 0.564. The van der Waals surface area contributed by atoms with Crippen molar-refractivity contribution in [2.75, 3.05) is 11.9 Å². The Hall–Kier alpha value is -3.19. The van der Waals surface area contributed by atoms with E-state index >= 15 is 0 Å². The van der Waals surface area contributed by atoms with E-state index in [4.69, 9.17) is 11.6 Å². The SMILES string of the molecule is Cn1nc(C(=O)NCCc2ccc(F)cc2)cc1NC(=O)c1ccccc1Cl. The van der Waals surface area contributed by atoms with E-state index in [9.17, 15) is 14.0 Å². The van der Waals surface area contributed by atoms with E-state index in [0.717, 1.165) is 5.56 Å². The van der Waals surface area contributed by atoms with Gasteiger partial charge in [0.05, 0.1) is 10.6 Å². The first-order chi connectivity index (χ1) is 13.4. The first-order valence-corrected chi connectivity index (χ1v) is 8.94. The highest BCUT2D eigenvalue weighted by Gasteiger charge is 2.16. The van der Waals surface area contributed by atoms with E-state index in [2.05, 4.69) is 15.7 Å². The van der Waals surface area contributed by atoms with E-state index < -0.39 is 5.91 Å². The molecule has 2 amide bonds. The molecule has 0 spiro atoms. The number of hydrogen-bond acceptors (Lipinski definition) is 3. The first-order valence-electron chi connectivity index (χ1n) is 8.56. The highest BCUT2D eigenvalue weighted by Crippen LogP contribution is 2.17. The Morgan fingerprint density at radius 3 is 2.54 bits per heavy atom. The van der Waals surface area contributed by atoms with Gasteiger partial charge in [0.15, 0.2) is 5.69 Å². The molecule has 0 saturated heterocycles. The van der Waals surface area contributed by atoms with Crippen LogP contribution in [0.5, 0.6) is 0 Å². The van der Waals surface area contributed by atoms with Crippen molar-refractivity contribution in [1.29, 1.82) is 0 Å². The Balaban J connectivity index is 1.59. The molecule has 0 fully saturated rings. The zero-order valence-corrected chi connectivity index (χ0v) is 15.8. The van der Waals surface area contributed by atoms with Gasteiger partial charge in [-0.2, -0.15) is 5.10 Å². The molecular weight excluding hydrogens is 383 g/mol. The van der Waals surface area contributed by atoms with Crippen LogP contribution in [-0.4, -0.2) is 28.1 Å². The van der Waals surface area contributed by atoms with Crippen LogP contribution in [0.25, 0.3) is 0 Å². The van der Waals surface area contributed by atoms with Gasteiger partial charge in [-0.05, 0) is 36.2 Å². The number of carbonyl (C=O) groups excluding carboxylic acids is 2. The molecular formula is C20H18ClFN4O2. The number of nitrogens with one attached hydrogen (secondary N) is 2. The third kappa shape index (κ3) is 4.75. The van der Waals surface area contributed by atoms with Crippen molar-refractivity contribution in [3.05, 3.63) is 82.3 Å². The number of rotatable bonds is 6. The molecule has 0 saturated carbocycles. The summed E-state index contributed by atoms with van der Waals surface area (Å²) in [4.78, 5) is 24.6. The summed E-state index contributed by atoms with van der Waals surface area (Å²) < 4.78 is 14.3. The van der Waals surface area contributed by atoms with Gasteiger partial charge in [0.1, 0.15) is 11.6 Å². The van der Waals surface area contributed by atoms with Crippen molar-refractivity contribution in [3.8, 4) is 0 Å². The predicted octanol–water partition coefficient (Wildman–Crippen LogP) is 3.44. The smallest absolute Gasteiger partial charge is 0.271 e. The maximum Gasteiger partial charge on any atom is 0.271 e. The molecule has 3 rings (SSSR count). The number of halogens is 2. The average Bonchev–Trinajstić information content (AvgIpc) is 3.04. The third-order valence-electron chi connectivity index (χ3n) is 4.09. The largest absolute Gasteiger partial charge is 0.350 e. The van der Waals surface area contributed by atoms with E-state index in [1.54, 1.807) is 43.4 Å². The lowest BCUT2D eigenvalue weighted by molar-refractivity contribution is 0.0947. The van der Waals surface area contributed by atoms with Crippen molar-refractivity contribution in [1.82, 2.24) is 15.1 Å². The average molecular weight is 401 g/mol. The minimum Gasteiger partial charge on any atom is -0.350 e. The number of anilines is 1. The molecule has 2 aromatic carbocycles. The third-order valence-corrected chi connectivity index (χ3v) is 4.41. The molecule has 0 bridgehead atoms. The normalized spacial score (nSPS) is 10.5. The number of hydrogen-bond donors (Lipinski definition) is 2. The van der Waals surface area contributed by atoms with Crippen LogP contribution in [0.2, 0.25) is 5.02 Å². The summed E-state index contributed by atoms with van der Waals surface area (Å²) in [5.74, 6) is -0.686. The van der Waals surface area contributed by atoms with Gasteiger partial charge in [-0.3, -0.25) is 14.3 Å². The summed E-state index contributed by atoms with van der Waals surface area (Å²) in [5.41, 5.74) is 1.42. The van der Waals surface area contributed by atoms with Crippen LogP contribution in [-0.2, 0) is 13.5 Å². The highest BCUT2D eigenvalue weighted by molar-refractivity contribution is 6.34. The fourth-order valence-electron chi connectivity index (χ4n) is 2.59. The second-order valence-electron chi connectivity index (χ2n) is 6.10. The van der Waals surface area contributed by atoms with Crippen molar-refractivity contribution >= 4 is 29.2 Å². The van der Waals surface area contributed by atoms with Gasteiger partial charge in [-0.25, -0.2) is 4.39 Å². The van der Waals surface area contributed by atoms with Crippen LogP contribution in [0.4, 0.5) is 10.2 Å². The van der Waals surface area contributed by atoms with Gasteiger partial charge in [-0.15, -0.1) is 0 Å². The molecule has 1 heterocycles. The lowest BCUT2D eigenvalue weighted by atomic mass is 10.1. The molecule has 0 aliphatic carbocycles. The van der Waals surface area contributed by atoms with Crippen LogP contribution in [0.15, 0.2) is 54.6 Å². The standard InChI is InChI=1S/C20H18ClFN4O2/c1-26-18(24-19(27)15-4-2-3-5-16(15)21)12-17(25-26)20(28)23-11-10-13-6-8-14(22)9-7-13/h2-9,12H,10-11H2,1H3,(H,23,28)(H,24,27). The van der Waals surface area contributed by atoms with E-state index in [1.807, 2.05) is 0 Å². The maximum absolute atomic E-state index is 12.9. The monoisotopic (exact) mass is 400 g/mol. The molecule has 0 aliphatic heterocycles. The number of aromatic nitrogens is 2. The first kappa shape index (κ1) is 19.6. The Labute approximate surface area is 166 Å². The molecule has 144 valence electrons. The van der Waals surface area contributed by atoms with Crippen molar-refractivity contribution in [2.45, 2.75) is 6.42 Å². The molecule has 2 N–H and O–H groups in total. The Bertz CT molecular complexity index is 1000. The van der Waals surface area contributed by atoms with Gasteiger partial charge in [0.2, 0.25) is 0 Å². The summed E-state index contributed by atoms with van der Waals surface area (Å²) >= 11 is 6.03. The second kappa shape index (κ2) is 8.67. The minimum atomic E-state index is -0.392. The van der Waals surface area contributed by atoms with Gasteiger partial charge >= 0.3 is 0 Å². The van der Waals surface area contributed by atoms with Crippen LogP contribution in [0, 0.1) is 5.82 Å². The Morgan fingerprint density at radius 2 is 1.82 bits per heavy atom. The number of nitrogens with zero attached hydrogens (tertiary/aromatic N) is 2. The van der Waals surface area contributed by atoms with Crippen LogP contribution >= 0.6 is 11.6 Å².